The van der Waals surface area contributed by atoms with Gasteiger partial charge in [0.15, 0.2) is 0 Å². The summed E-state index contributed by atoms with van der Waals surface area (Å²) in [5, 5.41) is 17.4. The SMILES string of the molecule is CSCC[C@H](NC(=O)[C@H](CCSC)NC(=O)[C@H](CCSC)NC(=O)[C@@H](N)CCCCN)C(=O)O. The number of carboxylic acids is 1. The summed E-state index contributed by atoms with van der Waals surface area (Å²) in [4.78, 5) is 49.9. The number of nitrogens with one attached hydrogen (secondary N) is 3. The van der Waals surface area contributed by atoms with Crippen molar-refractivity contribution in [2.45, 2.75) is 62.7 Å². The predicted octanol–water partition coefficient (Wildman–Crippen LogP) is 0.241. The van der Waals surface area contributed by atoms with Crippen molar-refractivity contribution in [2.75, 3.05) is 42.6 Å². The van der Waals surface area contributed by atoms with Gasteiger partial charge in [-0.25, -0.2) is 4.79 Å². The van der Waals surface area contributed by atoms with Crippen molar-refractivity contribution in [1.82, 2.24) is 16.0 Å². The smallest absolute Gasteiger partial charge is 0.326 e. The van der Waals surface area contributed by atoms with Gasteiger partial charge in [0, 0.05) is 0 Å². The van der Waals surface area contributed by atoms with Crippen molar-refractivity contribution in [3.8, 4) is 0 Å². The lowest BCUT2D eigenvalue weighted by atomic mass is 10.1. The molecule has 0 spiro atoms. The normalized spacial score (nSPS) is 14.5. The molecule has 0 aromatic carbocycles. The van der Waals surface area contributed by atoms with E-state index >= 15 is 0 Å². The third-order valence-electron chi connectivity index (χ3n) is 5.02. The Bertz CT molecular complexity index is 630. The minimum Gasteiger partial charge on any atom is -0.480 e. The highest BCUT2D eigenvalue weighted by atomic mass is 32.2. The highest BCUT2D eigenvalue weighted by molar-refractivity contribution is 7.98. The highest BCUT2D eigenvalue weighted by Crippen LogP contribution is 2.08. The summed E-state index contributed by atoms with van der Waals surface area (Å²) in [6.45, 7) is 0.520. The molecule has 0 saturated carbocycles. The summed E-state index contributed by atoms with van der Waals surface area (Å²) in [6, 6.07) is -3.55. The molecule has 0 aliphatic rings. The van der Waals surface area contributed by atoms with Crippen molar-refractivity contribution < 1.29 is 24.3 Å². The molecule has 34 heavy (non-hydrogen) atoms. The summed E-state index contributed by atoms with van der Waals surface area (Å²) in [7, 11) is 0. The van der Waals surface area contributed by atoms with Crippen LogP contribution in [0.25, 0.3) is 0 Å². The zero-order valence-corrected chi connectivity index (χ0v) is 22.8. The van der Waals surface area contributed by atoms with Gasteiger partial charge in [0.05, 0.1) is 6.04 Å². The van der Waals surface area contributed by atoms with Gasteiger partial charge in [0.25, 0.3) is 0 Å². The maximum absolute atomic E-state index is 13.0. The molecule has 10 nitrogen and oxygen atoms in total. The van der Waals surface area contributed by atoms with E-state index in [0.717, 1.165) is 6.42 Å². The van der Waals surface area contributed by atoms with Crippen LogP contribution >= 0.6 is 35.3 Å². The van der Waals surface area contributed by atoms with Gasteiger partial charge in [0.1, 0.15) is 18.1 Å². The average Bonchev–Trinajstić information content (AvgIpc) is 2.81. The second kappa shape index (κ2) is 20.1. The minimum absolute atomic E-state index is 0.278. The molecule has 3 amide bonds. The number of thioether (sulfide) groups is 3. The Kier molecular flexibility index (Phi) is 19.4. The van der Waals surface area contributed by atoms with E-state index in [1.807, 2.05) is 18.8 Å². The number of carbonyl (C=O) groups excluding carboxylic acids is 3. The lowest BCUT2D eigenvalue weighted by Gasteiger charge is -2.25. The lowest BCUT2D eigenvalue weighted by molar-refractivity contribution is -0.142. The Balaban J connectivity index is 5.30. The van der Waals surface area contributed by atoms with Gasteiger partial charge < -0.3 is 32.5 Å². The van der Waals surface area contributed by atoms with Crippen LogP contribution in [0, 0.1) is 0 Å². The van der Waals surface area contributed by atoms with Crippen LogP contribution in [0.1, 0.15) is 38.5 Å². The molecule has 0 saturated heterocycles. The third-order valence-corrected chi connectivity index (χ3v) is 6.95. The summed E-state index contributed by atoms with van der Waals surface area (Å²) in [6.07, 6.45) is 8.54. The monoisotopic (exact) mass is 539 g/mol. The Labute approximate surface area is 215 Å². The molecule has 0 unspecified atom stereocenters. The number of nitrogens with two attached hydrogens (primary N) is 2. The number of rotatable bonds is 20. The Morgan fingerprint density at radius 1 is 0.706 bits per heavy atom. The van der Waals surface area contributed by atoms with Gasteiger partial charge in [-0.05, 0) is 74.7 Å². The fourth-order valence-electron chi connectivity index (χ4n) is 2.97. The number of carboxylic acid groups (broad SMARTS) is 1. The molecular formula is C21H41N5O5S3. The van der Waals surface area contributed by atoms with E-state index in [1.54, 1.807) is 0 Å². The van der Waals surface area contributed by atoms with Gasteiger partial charge in [-0.15, -0.1) is 0 Å². The van der Waals surface area contributed by atoms with Gasteiger partial charge in [0.2, 0.25) is 17.7 Å². The van der Waals surface area contributed by atoms with Crippen LogP contribution in [0.5, 0.6) is 0 Å². The largest absolute Gasteiger partial charge is 0.480 e. The number of carbonyl (C=O) groups is 4. The van der Waals surface area contributed by atoms with Gasteiger partial charge in [-0.3, -0.25) is 14.4 Å². The molecule has 198 valence electrons. The van der Waals surface area contributed by atoms with Gasteiger partial charge in [-0.2, -0.15) is 35.3 Å². The first kappa shape index (κ1) is 32.8. The molecular weight excluding hydrogens is 498 g/mol. The predicted molar refractivity (Wildman–Crippen MR) is 143 cm³/mol. The van der Waals surface area contributed by atoms with E-state index in [0.29, 0.717) is 49.5 Å². The number of aliphatic carboxylic acids is 1. The van der Waals surface area contributed by atoms with E-state index in [9.17, 15) is 24.3 Å². The molecule has 13 heteroatoms. The molecule has 0 aliphatic carbocycles. The number of unbranched alkanes of at least 4 members (excludes halogenated alkanes) is 1. The number of hydrogen-bond donors (Lipinski definition) is 6. The third kappa shape index (κ3) is 14.3. The molecule has 4 atom stereocenters. The Morgan fingerprint density at radius 3 is 1.53 bits per heavy atom. The molecule has 0 radical (unpaired) electrons. The Hall–Kier alpha value is -1.15. The van der Waals surface area contributed by atoms with E-state index < -0.39 is 47.9 Å². The molecule has 0 aliphatic heterocycles. The molecule has 0 bridgehead atoms. The van der Waals surface area contributed by atoms with Crippen molar-refractivity contribution >= 4 is 59.0 Å². The molecule has 0 fully saturated rings. The number of hydrogen-bond acceptors (Lipinski definition) is 9. The summed E-state index contributed by atoms with van der Waals surface area (Å²) < 4.78 is 0. The quantitative estimate of drug-likeness (QED) is 0.117. The summed E-state index contributed by atoms with van der Waals surface area (Å²) in [5.74, 6) is -0.795. The molecule has 0 aromatic heterocycles. The van der Waals surface area contributed by atoms with Crippen LogP contribution in [0.2, 0.25) is 0 Å². The van der Waals surface area contributed by atoms with Gasteiger partial charge in [-0.1, -0.05) is 6.42 Å². The second-order valence-corrected chi connectivity index (χ2v) is 10.7. The summed E-state index contributed by atoms with van der Waals surface area (Å²) >= 11 is 4.53. The van der Waals surface area contributed by atoms with Crippen molar-refractivity contribution in [2.24, 2.45) is 11.5 Å². The fraction of sp³-hybridized carbons (Fsp3) is 0.810. The average molecular weight is 540 g/mol. The van der Waals surface area contributed by atoms with Crippen molar-refractivity contribution in [3.05, 3.63) is 0 Å². The summed E-state index contributed by atoms with van der Waals surface area (Å²) in [5.41, 5.74) is 11.4. The van der Waals surface area contributed by atoms with Crippen LogP contribution in [0.15, 0.2) is 0 Å². The van der Waals surface area contributed by atoms with Crippen LogP contribution in [0.4, 0.5) is 0 Å². The molecule has 0 heterocycles. The molecule has 0 rings (SSSR count). The standard InChI is InChI=1S/C21H41N5O5S3/c1-32-11-7-15(24-18(27)14(23)6-4-5-10-22)19(28)25-16(8-12-33-2)20(29)26-17(21(30)31)9-13-34-3/h14-17H,4-13,22-23H2,1-3H3,(H,24,27)(H,25,28)(H,26,29)(H,30,31)/t14-,15-,16-,17-/m0/s1. The van der Waals surface area contributed by atoms with Crippen LogP contribution in [-0.4, -0.2) is 95.5 Å². The Morgan fingerprint density at radius 2 is 1.12 bits per heavy atom. The first-order valence-corrected chi connectivity index (χ1v) is 15.5. The zero-order chi connectivity index (χ0) is 25.9. The maximum atomic E-state index is 13.0. The van der Waals surface area contributed by atoms with E-state index in [2.05, 4.69) is 16.0 Å². The van der Waals surface area contributed by atoms with Crippen LogP contribution in [-0.2, 0) is 19.2 Å². The topological polar surface area (TPSA) is 177 Å². The van der Waals surface area contributed by atoms with E-state index in [-0.39, 0.29) is 6.42 Å². The van der Waals surface area contributed by atoms with E-state index in [4.69, 9.17) is 11.5 Å². The van der Waals surface area contributed by atoms with Crippen molar-refractivity contribution in [1.29, 1.82) is 0 Å². The minimum atomic E-state index is -1.12. The van der Waals surface area contributed by atoms with Gasteiger partial charge >= 0.3 is 5.97 Å². The first-order valence-electron chi connectivity index (χ1n) is 11.3. The molecule has 8 N–H and O–H groups in total. The maximum Gasteiger partial charge on any atom is 0.326 e. The highest BCUT2D eigenvalue weighted by Gasteiger charge is 2.29. The van der Waals surface area contributed by atoms with Crippen LogP contribution < -0.4 is 27.4 Å². The number of amides is 3. The van der Waals surface area contributed by atoms with Crippen LogP contribution in [0.3, 0.4) is 0 Å². The fourth-order valence-corrected chi connectivity index (χ4v) is 4.38. The first-order chi connectivity index (χ1) is 16.2. The molecule has 0 aromatic rings. The zero-order valence-electron chi connectivity index (χ0n) is 20.3. The van der Waals surface area contributed by atoms with E-state index in [1.165, 1.54) is 35.3 Å². The second-order valence-electron chi connectivity index (χ2n) is 7.76. The lowest BCUT2D eigenvalue weighted by Crippen LogP contribution is -2.57. The van der Waals surface area contributed by atoms with Crippen molar-refractivity contribution in [3.63, 3.8) is 0 Å².